The summed E-state index contributed by atoms with van der Waals surface area (Å²) in [6.07, 6.45) is 2.15. The number of rotatable bonds is 4. The molecule has 5 nitrogen and oxygen atoms in total. The summed E-state index contributed by atoms with van der Waals surface area (Å²) in [6, 6.07) is 16.8. The Morgan fingerprint density at radius 3 is 2.18 bits per heavy atom. The van der Waals surface area contributed by atoms with E-state index in [0.29, 0.717) is 22.2 Å². The van der Waals surface area contributed by atoms with E-state index >= 15 is 0 Å². The van der Waals surface area contributed by atoms with Crippen molar-refractivity contribution in [2.75, 3.05) is 23.7 Å². The van der Waals surface area contributed by atoms with E-state index < -0.39 is 9.84 Å². The van der Waals surface area contributed by atoms with Crippen LogP contribution in [0.2, 0.25) is 5.02 Å². The second-order valence-corrected chi connectivity index (χ2v) is 9.21. The Bertz CT molecular complexity index is 1090. The molecule has 0 amide bonds. The lowest BCUT2D eigenvalue weighted by Crippen LogP contribution is -2.19. The van der Waals surface area contributed by atoms with E-state index in [1.54, 1.807) is 36.4 Å². The van der Waals surface area contributed by atoms with Crippen LogP contribution in [0.4, 0.5) is 11.5 Å². The van der Waals surface area contributed by atoms with Gasteiger partial charge in [-0.15, -0.1) is 0 Å². The zero-order valence-corrected chi connectivity index (χ0v) is 16.7. The second-order valence-electron chi connectivity index (χ2n) is 6.82. The minimum atomic E-state index is -3.69. The third-order valence-corrected chi connectivity index (χ3v) is 6.86. The molecule has 2 aromatic carbocycles. The van der Waals surface area contributed by atoms with Gasteiger partial charge in [0.2, 0.25) is 9.84 Å². The number of nitrogens with two attached hydrogens (primary N) is 1. The van der Waals surface area contributed by atoms with Crippen LogP contribution >= 0.6 is 11.6 Å². The highest BCUT2D eigenvalue weighted by Crippen LogP contribution is 2.31. The van der Waals surface area contributed by atoms with Gasteiger partial charge in [0, 0.05) is 29.4 Å². The molecule has 3 aromatic rings. The molecule has 0 atom stereocenters. The van der Waals surface area contributed by atoms with Gasteiger partial charge in [-0.3, -0.25) is 0 Å². The van der Waals surface area contributed by atoms with Crippen molar-refractivity contribution >= 4 is 32.9 Å². The van der Waals surface area contributed by atoms with Gasteiger partial charge in [-0.25, -0.2) is 13.4 Å². The maximum absolute atomic E-state index is 13.2. The van der Waals surface area contributed by atoms with E-state index in [4.69, 9.17) is 22.3 Å². The molecule has 0 saturated carbocycles. The van der Waals surface area contributed by atoms with Crippen molar-refractivity contribution in [3.05, 3.63) is 65.7 Å². The summed E-state index contributed by atoms with van der Waals surface area (Å²) in [5, 5.41) is 0.620. The normalized spacial score (nSPS) is 14.4. The first kappa shape index (κ1) is 18.8. The minimum Gasteiger partial charge on any atom is -0.399 e. The van der Waals surface area contributed by atoms with Crippen molar-refractivity contribution in [1.82, 2.24) is 4.98 Å². The van der Waals surface area contributed by atoms with Gasteiger partial charge in [0.25, 0.3) is 0 Å². The van der Waals surface area contributed by atoms with Gasteiger partial charge in [0.15, 0.2) is 0 Å². The molecule has 28 heavy (non-hydrogen) atoms. The van der Waals surface area contributed by atoms with Crippen molar-refractivity contribution in [3.8, 4) is 11.3 Å². The first-order valence-electron chi connectivity index (χ1n) is 9.07. The van der Waals surface area contributed by atoms with Crippen LogP contribution in [0, 0.1) is 0 Å². The highest BCUT2D eigenvalue weighted by atomic mass is 35.5. The van der Waals surface area contributed by atoms with Gasteiger partial charge in [-0.2, -0.15) is 0 Å². The van der Waals surface area contributed by atoms with Crippen LogP contribution in [0.3, 0.4) is 0 Å². The molecule has 0 bridgehead atoms. The summed E-state index contributed by atoms with van der Waals surface area (Å²) in [5.74, 6) is 0.680. The molecule has 144 valence electrons. The van der Waals surface area contributed by atoms with Crippen molar-refractivity contribution in [2.45, 2.75) is 22.6 Å². The van der Waals surface area contributed by atoms with Gasteiger partial charge in [0.05, 0.1) is 15.5 Å². The van der Waals surface area contributed by atoms with Crippen LogP contribution in [0.25, 0.3) is 11.3 Å². The number of hydrogen-bond acceptors (Lipinski definition) is 5. The number of pyridine rings is 1. The van der Waals surface area contributed by atoms with Crippen LogP contribution in [0.15, 0.2) is 70.5 Å². The van der Waals surface area contributed by atoms with Crippen LogP contribution in [0.1, 0.15) is 12.8 Å². The number of nitrogen functional groups attached to an aromatic ring is 1. The molecule has 0 radical (unpaired) electrons. The maximum atomic E-state index is 13.2. The first-order chi connectivity index (χ1) is 13.4. The molecule has 2 heterocycles. The Balaban J connectivity index is 1.85. The van der Waals surface area contributed by atoms with Crippen molar-refractivity contribution < 1.29 is 8.42 Å². The molecule has 1 aromatic heterocycles. The lowest BCUT2D eigenvalue weighted by Gasteiger charge is -2.19. The van der Waals surface area contributed by atoms with E-state index in [-0.39, 0.29) is 9.79 Å². The Kier molecular flexibility index (Phi) is 5.00. The van der Waals surface area contributed by atoms with Crippen molar-refractivity contribution in [2.24, 2.45) is 0 Å². The Morgan fingerprint density at radius 1 is 0.893 bits per heavy atom. The fraction of sp³-hybridized carbons (Fsp3) is 0.190. The number of sulfone groups is 1. The average Bonchev–Trinajstić information content (AvgIpc) is 3.23. The Labute approximate surface area is 169 Å². The zero-order chi connectivity index (χ0) is 19.7. The van der Waals surface area contributed by atoms with Crippen molar-refractivity contribution in [3.63, 3.8) is 0 Å². The minimum absolute atomic E-state index is 0.210. The zero-order valence-electron chi connectivity index (χ0n) is 15.2. The Hall–Kier alpha value is -2.57. The molecule has 0 unspecified atom stereocenters. The molecule has 1 fully saturated rings. The average molecular weight is 414 g/mol. The standard InChI is InChI=1S/C21H20ClN3O2S/c22-16-5-3-15(4-6-16)20-13-19(14-21(24-20)25-11-1-2-12-25)28(26,27)18-9-7-17(23)8-10-18/h3-10,13-14H,1-2,11-12,23H2. The predicted octanol–water partition coefficient (Wildman–Crippen LogP) is 4.42. The maximum Gasteiger partial charge on any atom is 0.206 e. The van der Waals surface area contributed by atoms with E-state index in [2.05, 4.69) is 4.90 Å². The summed E-state index contributed by atoms with van der Waals surface area (Å²) in [4.78, 5) is 7.29. The largest absolute Gasteiger partial charge is 0.399 e. The SMILES string of the molecule is Nc1ccc(S(=O)(=O)c2cc(-c3ccc(Cl)cc3)nc(N3CCCC3)c2)cc1. The molecule has 1 aliphatic rings. The molecule has 0 spiro atoms. The van der Waals surface area contributed by atoms with Gasteiger partial charge in [0.1, 0.15) is 5.82 Å². The second kappa shape index (κ2) is 7.45. The third kappa shape index (κ3) is 3.70. The summed E-state index contributed by atoms with van der Waals surface area (Å²) in [7, 11) is -3.69. The summed E-state index contributed by atoms with van der Waals surface area (Å²) in [5.41, 5.74) is 7.65. The quantitative estimate of drug-likeness (QED) is 0.641. The highest BCUT2D eigenvalue weighted by molar-refractivity contribution is 7.91. The molecular formula is C21H20ClN3O2S. The first-order valence-corrected chi connectivity index (χ1v) is 10.9. The summed E-state index contributed by atoms with van der Waals surface area (Å²) < 4.78 is 26.5. The fourth-order valence-corrected chi connectivity index (χ4v) is 4.73. The lowest BCUT2D eigenvalue weighted by molar-refractivity contribution is 0.596. The molecule has 1 saturated heterocycles. The molecule has 4 rings (SSSR count). The van der Waals surface area contributed by atoms with Gasteiger partial charge >= 0.3 is 0 Å². The number of aromatic nitrogens is 1. The van der Waals surface area contributed by atoms with E-state index in [0.717, 1.165) is 31.5 Å². The Morgan fingerprint density at radius 2 is 1.54 bits per heavy atom. The number of halogens is 1. The smallest absolute Gasteiger partial charge is 0.206 e. The number of hydrogen-bond donors (Lipinski definition) is 1. The van der Waals surface area contributed by atoms with E-state index in [1.807, 2.05) is 12.1 Å². The molecule has 1 aliphatic heterocycles. The topological polar surface area (TPSA) is 76.3 Å². The predicted molar refractivity (Wildman–Crippen MR) is 112 cm³/mol. The lowest BCUT2D eigenvalue weighted by atomic mass is 10.1. The van der Waals surface area contributed by atoms with Crippen LogP contribution in [-0.4, -0.2) is 26.5 Å². The van der Waals surface area contributed by atoms with Crippen LogP contribution in [0.5, 0.6) is 0 Å². The van der Waals surface area contributed by atoms with E-state index in [9.17, 15) is 8.42 Å². The molecule has 0 aliphatic carbocycles. The number of nitrogens with zero attached hydrogens (tertiary/aromatic N) is 2. The monoisotopic (exact) mass is 413 g/mol. The number of benzene rings is 2. The molecular weight excluding hydrogens is 394 g/mol. The third-order valence-electron chi connectivity index (χ3n) is 4.86. The fourth-order valence-electron chi connectivity index (χ4n) is 3.31. The number of anilines is 2. The molecule has 2 N–H and O–H groups in total. The van der Waals surface area contributed by atoms with Gasteiger partial charge in [-0.05, 0) is 61.4 Å². The van der Waals surface area contributed by atoms with Gasteiger partial charge < -0.3 is 10.6 Å². The molecule has 7 heteroatoms. The summed E-state index contributed by atoms with van der Waals surface area (Å²) in [6.45, 7) is 1.75. The van der Waals surface area contributed by atoms with Crippen molar-refractivity contribution in [1.29, 1.82) is 0 Å². The van der Waals surface area contributed by atoms with Crippen LogP contribution < -0.4 is 10.6 Å². The van der Waals surface area contributed by atoms with Gasteiger partial charge in [-0.1, -0.05) is 23.7 Å². The van der Waals surface area contributed by atoms with E-state index in [1.165, 1.54) is 12.1 Å². The van der Waals surface area contributed by atoms with Crippen LogP contribution in [-0.2, 0) is 9.84 Å². The summed E-state index contributed by atoms with van der Waals surface area (Å²) >= 11 is 6.00. The highest BCUT2D eigenvalue weighted by Gasteiger charge is 2.23.